The standard InChI is InChI=1S/C38H46N4O5/c1-38(2,3)47-36(44)34(23-27-17-19-30(20-18-27)46-26-28-13-7-6-8-14-28)40-35(43)33(41-37(45)42-21-11-4-5-12-22-42)24-29-25-39-32-16-10-9-15-31(29)32/h6-10,13-20,25,33-34,39H,4-5,11-12,21-24,26H2,1-3H3,(H,40,43)(H,41,45)/t33-,34+/m0/s1. The molecule has 1 aromatic heterocycles. The summed E-state index contributed by atoms with van der Waals surface area (Å²) in [5.74, 6) is -0.289. The number of ether oxygens (including phenoxy) is 2. The van der Waals surface area contributed by atoms with Gasteiger partial charge in [0.15, 0.2) is 0 Å². The molecule has 0 unspecified atom stereocenters. The maximum absolute atomic E-state index is 14.1. The van der Waals surface area contributed by atoms with Gasteiger partial charge >= 0.3 is 12.0 Å². The minimum Gasteiger partial charge on any atom is -0.489 e. The summed E-state index contributed by atoms with van der Waals surface area (Å²) < 4.78 is 11.7. The highest BCUT2D eigenvalue weighted by Crippen LogP contribution is 2.21. The van der Waals surface area contributed by atoms with Crippen LogP contribution in [-0.2, 0) is 33.8 Å². The normalized spacial score (nSPS) is 14.9. The van der Waals surface area contributed by atoms with Gasteiger partial charge < -0.3 is 30.0 Å². The minimum absolute atomic E-state index is 0.208. The molecule has 47 heavy (non-hydrogen) atoms. The second kappa shape index (κ2) is 15.7. The van der Waals surface area contributed by atoms with Gasteiger partial charge in [0.2, 0.25) is 5.91 Å². The van der Waals surface area contributed by atoms with Crippen molar-refractivity contribution in [2.75, 3.05) is 13.1 Å². The van der Waals surface area contributed by atoms with Crippen molar-refractivity contribution in [1.82, 2.24) is 20.5 Å². The van der Waals surface area contributed by atoms with Crippen LogP contribution >= 0.6 is 0 Å². The quantitative estimate of drug-likeness (QED) is 0.167. The molecule has 0 saturated carbocycles. The number of para-hydroxylation sites is 1. The Hall–Kier alpha value is -4.79. The van der Waals surface area contributed by atoms with Crippen LogP contribution in [0.5, 0.6) is 5.75 Å². The SMILES string of the molecule is CC(C)(C)OC(=O)[C@@H](Cc1ccc(OCc2ccccc2)cc1)NC(=O)[C@H](Cc1c[nH]c2ccccc12)NC(=O)N1CCCCCC1. The van der Waals surface area contributed by atoms with E-state index in [1.54, 1.807) is 25.7 Å². The number of fused-ring (bicyclic) bond motifs is 1. The van der Waals surface area contributed by atoms with Gasteiger partial charge in [-0.2, -0.15) is 0 Å². The molecule has 2 atom stereocenters. The van der Waals surface area contributed by atoms with Gasteiger partial charge in [-0.05, 0) is 68.5 Å². The third-order valence-corrected chi connectivity index (χ3v) is 8.23. The number of likely N-dealkylation sites (tertiary alicyclic amines) is 1. The Balaban J connectivity index is 1.33. The van der Waals surface area contributed by atoms with E-state index in [1.165, 1.54) is 0 Å². The Morgan fingerprint density at radius 3 is 2.17 bits per heavy atom. The molecule has 3 amide bonds. The molecule has 0 spiro atoms. The van der Waals surface area contributed by atoms with Crippen LogP contribution < -0.4 is 15.4 Å². The van der Waals surface area contributed by atoms with Crippen molar-refractivity contribution in [2.45, 2.75) is 83.6 Å². The van der Waals surface area contributed by atoms with Gasteiger partial charge in [0.05, 0.1) is 0 Å². The number of hydrogen-bond donors (Lipinski definition) is 3. The number of esters is 1. The Morgan fingerprint density at radius 2 is 1.47 bits per heavy atom. The minimum atomic E-state index is -0.974. The summed E-state index contributed by atoms with van der Waals surface area (Å²) >= 11 is 0. The molecule has 1 fully saturated rings. The van der Waals surface area contributed by atoms with E-state index in [0.717, 1.165) is 53.3 Å². The summed E-state index contributed by atoms with van der Waals surface area (Å²) in [5.41, 5.74) is 2.99. The van der Waals surface area contributed by atoms with Crippen molar-refractivity contribution in [3.8, 4) is 5.75 Å². The molecule has 9 nitrogen and oxygen atoms in total. The third-order valence-electron chi connectivity index (χ3n) is 8.23. The summed E-state index contributed by atoms with van der Waals surface area (Å²) in [5, 5.41) is 6.92. The van der Waals surface area contributed by atoms with Crippen molar-refractivity contribution in [1.29, 1.82) is 0 Å². The number of nitrogens with zero attached hydrogens (tertiary/aromatic N) is 1. The number of H-pyrrole nitrogens is 1. The van der Waals surface area contributed by atoms with E-state index < -0.39 is 29.6 Å². The zero-order valence-corrected chi connectivity index (χ0v) is 27.6. The van der Waals surface area contributed by atoms with Gasteiger partial charge in [-0.1, -0.05) is 73.5 Å². The van der Waals surface area contributed by atoms with Gasteiger partial charge in [-0.3, -0.25) is 4.79 Å². The summed E-state index contributed by atoms with van der Waals surface area (Å²) in [4.78, 5) is 46.0. The second-order valence-corrected chi connectivity index (χ2v) is 13.2. The summed E-state index contributed by atoms with van der Waals surface area (Å²) in [7, 11) is 0. The summed E-state index contributed by atoms with van der Waals surface area (Å²) in [6.45, 7) is 7.13. The Labute approximate surface area is 277 Å². The molecule has 5 rings (SSSR count). The van der Waals surface area contributed by atoms with E-state index in [2.05, 4.69) is 15.6 Å². The molecule has 4 aromatic rings. The molecule has 248 valence electrons. The first kappa shape index (κ1) is 33.6. The van der Waals surface area contributed by atoms with Crippen molar-refractivity contribution in [3.63, 3.8) is 0 Å². The van der Waals surface area contributed by atoms with Crippen molar-refractivity contribution < 1.29 is 23.9 Å². The molecule has 9 heteroatoms. The zero-order chi connectivity index (χ0) is 33.2. The van der Waals surface area contributed by atoms with Gasteiger partial charge in [0, 0.05) is 43.0 Å². The number of aromatic nitrogens is 1. The first-order valence-electron chi connectivity index (χ1n) is 16.5. The van der Waals surface area contributed by atoms with Gasteiger partial charge in [0.1, 0.15) is 30.0 Å². The lowest BCUT2D eigenvalue weighted by Gasteiger charge is -2.28. The van der Waals surface area contributed by atoms with E-state index >= 15 is 0 Å². The lowest BCUT2D eigenvalue weighted by atomic mass is 10.0. The number of urea groups is 1. The number of aromatic amines is 1. The number of benzene rings is 3. The number of amides is 3. The van der Waals surface area contributed by atoms with E-state index in [0.29, 0.717) is 25.4 Å². The van der Waals surface area contributed by atoms with Crippen LogP contribution in [0.1, 0.15) is 63.1 Å². The fraction of sp³-hybridized carbons (Fsp3) is 0.395. The Morgan fingerprint density at radius 1 is 0.787 bits per heavy atom. The average Bonchev–Trinajstić information content (AvgIpc) is 3.25. The maximum atomic E-state index is 14.1. The smallest absolute Gasteiger partial charge is 0.329 e. The van der Waals surface area contributed by atoms with E-state index in [1.807, 2.05) is 85.1 Å². The van der Waals surface area contributed by atoms with Crippen LogP contribution in [0.2, 0.25) is 0 Å². The maximum Gasteiger partial charge on any atom is 0.329 e. The highest BCUT2D eigenvalue weighted by Gasteiger charge is 2.32. The fourth-order valence-electron chi connectivity index (χ4n) is 5.78. The van der Waals surface area contributed by atoms with Gasteiger partial charge in [0.25, 0.3) is 0 Å². The predicted octanol–water partition coefficient (Wildman–Crippen LogP) is 6.31. The van der Waals surface area contributed by atoms with Crippen LogP contribution in [0, 0.1) is 0 Å². The molecule has 0 radical (unpaired) electrons. The first-order chi connectivity index (χ1) is 22.6. The van der Waals surface area contributed by atoms with Crippen LogP contribution in [0.15, 0.2) is 85.1 Å². The van der Waals surface area contributed by atoms with Gasteiger partial charge in [-0.25, -0.2) is 9.59 Å². The van der Waals surface area contributed by atoms with E-state index in [4.69, 9.17) is 9.47 Å². The molecular weight excluding hydrogens is 592 g/mol. The second-order valence-electron chi connectivity index (χ2n) is 13.2. The lowest BCUT2D eigenvalue weighted by Crippen LogP contribution is -2.56. The largest absolute Gasteiger partial charge is 0.489 e. The molecule has 3 N–H and O–H groups in total. The topological polar surface area (TPSA) is 113 Å². The monoisotopic (exact) mass is 638 g/mol. The van der Waals surface area contributed by atoms with Gasteiger partial charge in [-0.15, -0.1) is 0 Å². The molecular formula is C38H46N4O5. The molecule has 1 aliphatic heterocycles. The van der Waals surface area contributed by atoms with Crippen LogP contribution in [0.25, 0.3) is 10.9 Å². The molecule has 0 bridgehead atoms. The number of hydrogen-bond acceptors (Lipinski definition) is 5. The molecule has 2 heterocycles. The van der Waals surface area contributed by atoms with E-state index in [9.17, 15) is 14.4 Å². The summed E-state index contributed by atoms with van der Waals surface area (Å²) in [6.07, 6.45) is 6.37. The Kier molecular flexibility index (Phi) is 11.2. The predicted molar refractivity (Wildman–Crippen MR) is 183 cm³/mol. The van der Waals surface area contributed by atoms with Crippen LogP contribution in [0.3, 0.4) is 0 Å². The highest BCUT2D eigenvalue weighted by atomic mass is 16.6. The number of carbonyl (C=O) groups is 3. The highest BCUT2D eigenvalue weighted by molar-refractivity contribution is 5.92. The first-order valence-corrected chi connectivity index (χ1v) is 16.5. The van der Waals surface area contributed by atoms with Crippen LogP contribution in [-0.4, -0.2) is 58.6 Å². The zero-order valence-electron chi connectivity index (χ0n) is 27.6. The number of carbonyl (C=O) groups excluding carboxylic acids is 3. The average molecular weight is 639 g/mol. The molecule has 0 aliphatic carbocycles. The Bertz CT molecular complexity index is 1620. The van der Waals surface area contributed by atoms with E-state index in [-0.39, 0.29) is 18.9 Å². The van der Waals surface area contributed by atoms with Crippen molar-refractivity contribution in [3.05, 3.63) is 102 Å². The lowest BCUT2D eigenvalue weighted by molar-refractivity contribution is -0.158. The third kappa shape index (κ3) is 9.85. The molecule has 1 saturated heterocycles. The van der Waals surface area contributed by atoms with Crippen molar-refractivity contribution >= 4 is 28.8 Å². The fourth-order valence-corrected chi connectivity index (χ4v) is 5.78. The van der Waals surface area contributed by atoms with Crippen molar-refractivity contribution in [2.24, 2.45) is 0 Å². The number of rotatable bonds is 11. The summed E-state index contributed by atoms with van der Waals surface area (Å²) in [6, 6.07) is 23.1. The molecule has 1 aliphatic rings. The molecule has 3 aromatic carbocycles. The number of nitrogens with one attached hydrogen (secondary N) is 3. The van der Waals surface area contributed by atoms with Crippen LogP contribution in [0.4, 0.5) is 4.79 Å².